The predicted octanol–water partition coefficient (Wildman–Crippen LogP) is 0.748. The number of ketones is 1. The molecule has 0 heterocycles. The van der Waals surface area contributed by atoms with Gasteiger partial charge in [0, 0.05) is 13.0 Å². The number of hydrogen-bond acceptors (Lipinski definition) is 3. The van der Waals surface area contributed by atoms with E-state index in [1.54, 1.807) is 0 Å². The van der Waals surface area contributed by atoms with Gasteiger partial charge in [0.2, 0.25) is 5.78 Å². The van der Waals surface area contributed by atoms with Crippen LogP contribution in [0.3, 0.4) is 0 Å². The Kier molecular flexibility index (Phi) is 5.16. The van der Waals surface area contributed by atoms with Gasteiger partial charge in [0.05, 0.1) is 6.61 Å². The maximum atomic E-state index is 10.5. The average molecular weight is 165 g/mol. The molecule has 0 aliphatic carbocycles. The van der Waals surface area contributed by atoms with E-state index in [1.807, 2.05) is 6.92 Å². The highest BCUT2D eigenvalue weighted by atomic mass is 35.5. The van der Waals surface area contributed by atoms with Crippen LogP contribution in [0.25, 0.3) is 0 Å². The van der Waals surface area contributed by atoms with Crippen LogP contribution in [0, 0.1) is 0 Å². The van der Waals surface area contributed by atoms with Crippen LogP contribution < -0.4 is 0 Å². The number of Topliss-reactive ketones (excluding diaryl/α,β-unsaturated/α-hetero) is 1. The summed E-state index contributed by atoms with van der Waals surface area (Å²) in [6.45, 7) is 2.63. The maximum absolute atomic E-state index is 10.5. The molecule has 0 aromatic rings. The first-order valence-corrected chi connectivity index (χ1v) is 3.36. The van der Waals surface area contributed by atoms with Crippen LogP contribution in [0.4, 0.5) is 0 Å². The summed E-state index contributed by atoms with van der Waals surface area (Å²) in [5.74, 6) is -0.588. The average Bonchev–Trinajstić information content (AvgIpc) is 1.88. The van der Waals surface area contributed by atoms with Crippen molar-refractivity contribution >= 4 is 22.6 Å². The molecule has 0 aromatic carbocycles. The summed E-state index contributed by atoms with van der Waals surface area (Å²) in [5, 5.41) is -0.917. The van der Waals surface area contributed by atoms with E-state index in [0.29, 0.717) is 6.61 Å². The molecule has 0 saturated heterocycles. The zero-order valence-corrected chi connectivity index (χ0v) is 6.48. The van der Waals surface area contributed by atoms with Crippen molar-refractivity contribution in [3.63, 3.8) is 0 Å². The van der Waals surface area contributed by atoms with Gasteiger partial charge in [-0.2, -0.15) is 0 Å². The molecule has 0 radical (unpaired) electrons. The minimum absolute atomic E-state index is 0.0795. The van der Waals surface area contributed by atoms with Crippen LogP contribution in [0.5, 0.6) is 0 Å². The number of halogens is 1. The highest BCUT2D eigenvalue weighted by Gasteiger charge is 2.08. The molecule has 0 fully saturated rings. The lowest BCUT2D eigenvalue weighted by molar-refractivity contribution is -0.132. The van der Waals surface area contributed by atoms with Crippen LogP contribution in [-0.4, -0.2) is 24.2 Å². The molecule has 0 amide bonds. The second-order valence-electron chi connectivity index (χ2n) is 1.64. The molecule has 3 nitrogen and oxygen atoms in total. The van der Waals surface area contributed by atoms with Gasteiger partial charge in [-0.3, -0.25) is 9.59 Å². The van der Waals surface area contributed by atoms with Crippen molar-refractivity contribution in [3.8, 4) is 0 Å². The van der Waals surface area contributed by atoms with Crippen molar-refractivity contribution in [3.05, 3.63) is 0 Å². The monoisotopic (exact) mass is 164 g/mol. The topological polar surface area (TPSA) is 43.4 Å². The minimum atomic E-state index is -0.917. The normalized spacial score (nSPS) is 9.40. The molecular weight excluding hydrogens is 156 g/mol. The van der Waals surface area contributed by atoms with E-state index in [0.717, 1.165) is 0 Å². The molecule has 58 valence electrons. The lowest BCUT2D eigenvalue weighted by Crippen LogP contribution is -2.10. The maximum Gasteiger partial charge on any atom is 0.288 e. The van der Waals surface area contributed by atoms with Gasteiger partial charge in [0.25, 0.3) is 5.24 Å². The number of rotatable bonds is 5. The van der Waals surface area contributed by atoms with Crippen LogP contribution in [0.15, 0.2) is 0 Å². The largest absolute Gasteiger partial charge is 0.381 e. The molecule has 0 bridgehead atoms. The standard InChI is InChI=1S/C6H9ClO3/c1-2-10-4-3-5(8)6(7)9/h2-4H2,1H3. The third kappa shape index (κ3) is 4.47. The first-order chi connectivity index (χ1) is 4.68. The SMILES string of the molecule is CCOCCC(=O)C(=O)Cl. The molecule has 0 aliphatic rings. The molecule has 0 rings (SSSR count). The van der Waals surface area contributed by atoms with Gasteiger partial charge in [0.1, 0.15) is 0 Å². The summed E-state index contributed by atoms with van der Waals surface area (Å²) in [5.41, 5.74) is 0. The van der Waals surface area contributed by atoms with Gasteiger partial charge >= 0.3 is 0 Å². The smallest absolute Gasteiger partial charge is 0.288 e. The molecule has 0 aromatic heterocycles. The summed E-state index contributed by atoms with van der Waals surface area (Å²) in [4.78, 5) is 20.6. The Balaban J connectivity index is 3.31. The fraction of sp³-hybridized carbons (Fsp3) is 0.667. The Morgan fingerprint density at radius 2 is 2.10 bits per heavy atom. The van der Waals surface area contributed by atoms with Gasteiger partial charge in [-0.1, -0.05) is 0 Å². The van der Waals surface area contributed by atoms with Crippen LogP contribution in [0.1, 0.15) is 13.3 Å². The lowest BCUT2D eigenvalue weighted by atomic mass is 10.3. The summed E-state index contributed by atoms with van der Waals surface area (Å²) >= 11 is 4.86. The summed E-state index contributed by atoms with van der Waals surface area (Å²) < 4.78 is 4.82. The Morgan fingerprint density at radius 1 is 1.50 bits per heavy atom. The zero-order valence-electron chi connectivity index (χ0n) is 5.72. The molecule has 0 spiro atoms. The molecule has 0 saturated carbocycles. The third-order valence-corrected chi connectivity index (χ3v) is 1.11. The first-order valence-electron chi connectivity index (χ1n) is 2.99. The van der Waals surface area contributed by atoms with Crippen molar-refractivity contribution in [1.82, 2.24) is 0 Å². The minimum Gasteiger partial charge on any atom is -0.381 e. The van der Waals surface area contributed by atoms with E-state index in [-0.39, 0.29) is 13.0 Å². The van der Waals surface area contributed by atoms with Gasteiger partial charge in [0.15, 0.2) is 0 Å². The lowest BCUT2D eigenvalue weighted by Gasteiger charge is -1.95. The molecule has 10 heavy (non-hydrogen) atoms. The second kappa shape index (κ2) is 5.38. The van der Waals surface area contributed by atoms with Crippen molar-refractivity contribution < 1.29 is 14.3 Å². The molecule has 0 aliphatic heterocycles. The quantitative estimate of drug-likeness (QED) is 0.342. The summed E-state index contributed by atoms with van der Waals surface area (Å²) in [6.07, 6.45) is 0.0795. The van der Waals surface area contributed by atoms with E-state index in [1.165, 1.54) is 0 Å². The fourth-order valence-corrected chi connectivity index (χ4v) is 0.502. The van der Waals surface area contributed by atoms with E-state index in [2.05, 4.69) is 0 Å². The number of carbonyl (C=O) groups excluding carboxylic acids is 2. The highest BCUT2D eigenvalue weighted by molar-refractivity contribution is 6.81. The molecule has 4 heteroatoms. The molecule has 0 N–H and O–H groups in total. The number of ether oxygens (including phenoxy) is 1. The van der Waals surface area contributed by atoms with Crippen LogP contribution in [-0.2, 0) is 14.3 Å². The fourth-order valence-electron chi connectivity index (χ4n) is 0.407. The van der Waals surface area contributed by atoms with E-state index in [4.69, 9.17) is 16.3 Å². The van der Waals surface area contributed by atoms with Crippen molar-refractivity contribution in [1.29, 1.82) is 0 Å². The number of hydrogen-bond donors (Lipinski definition) is 0. The molecule has 0 unspecified atom stereocenters. The Morgan fingerprint density at radius 3 is 2.50 bits per heavy atom. The van der Waals surface area contributed by atoms with Crippen molar-refractivity contribution in [2.24, 2.45) is 0 Å². The van der Waals surface area contributed by atoms with Crippen LogP contribution >= 0.6 is 11.6 Å². The summed E-state index contributed by atoms with van der Waals surface area (Å²) in [6, 6.07) is 0. The van der Waals surface area contributed by atoms with Gasteiger partial charge in [-0.05, 0) is 18.5 Å². The van der Waals surface area contributed by atoms with Crippen molar-refractivity contribution in [2.45, 2.75) is 13.3 Å². The van der Waals surface area contributed by atoms with Crippen molar-refractivity contribution in [2.75, 3.05) is 13.2 Å². The van der Waals surface area contributed by atoms with E-state index in [9.17, 15) is 9.59 Å². The third-order valence-electron chi connectivity index (χ3n) is 0.897. The van der Waals surface area contributed by atoms with Crippen LogP contribution in [0.2, 0.25) is 0 Å². The summed E-state index contributed by atoms with van der Waals surface area (Å²) in [7, 11) is 0. The molecule has 0 atom stereocenters. The van der Waals surface area contributed by atoms with Gasteiger partial charge < -0.3 is 4.74 Å². The first kappa shape index (κ1) is 9.59. The Hall–Kier alpha value is -0.410. The highest BCUT2D eigenvalue weighted by Crippen LogP contribution is 1.90. The Bertz CT molecular complexity index is 133. The predicted molar refractivity (Wildman–Crippen MR) is 37.0 cm³/mol. The van der Waals surface area contributed by atoms with Gasteiger partial charge in [-0.25, -0.2) is 0 Å². The molecular formula is C6H9ClO3. The van der Waals surface area contributed by atoms with E-state index < -0.39 is 11.0 Å². The Labute approximate surface area is 64.3 Å². The zero-order chi connectivity index (χ0) is 7.98. The van der Waals surface area contributed by atoms with Gasteiger partial charge in [-0.15, -0.1) is 0 Å². The van der Waals surface area contributed by atoms with E-state index >= 15 is 0 Å². The second-order valence-corrected chi connectivity index (χ2v) is 1.99. The number of carbonyl (C=O) groups is 2.